The van der Waals surface area contributed by atoms with Crippen LogP contribution < -0.4 is 4.90 Å². The van der Waals surface area contributed by atoms with Crippen LogP contribution in [0.15, 0.2) is 0 Å². The summed E-state index contributed by atoms with van der Waals surface area (Å²) in [6, 6.07) is 0. The Balaban J connectivity index is 1.90. The van der Waals surface area contributed by atoms with Crippen LogP contribution in [0.3, 0.4) is 0 Å². The van der Waals surface area contributed by atoms with Crippen molar-refractivity contribution in [2.75, 3.05) is 29.5 Å². The van der Waals surface area contributed by atoms with Gasteiger partial charge in [0.25, 0.3) is 0 Å². The third-order valence-electron chi connectivity index (χ3n) is 4.28. The molecule has 1 saturated carbocycles. The molecule has 106 valence electrons. The third kappa shape index (κ3) is 2.11. The molecule has 5 heteroatoms. The van der Waals surface area contributed by atoms with E-state index in [-0.39, 0.29) is 0 Å². The molecule has 0 aromatic carbocycles. The summed E-state index contributed by atoms with van der Waals surface area (Å²) in [6.45, 7) is 6.66. The van der Waals surface area contributed by atoms with Crippen LogP contribution in [0.2, 0.25) is 0 Å². The van der Waals surface area contributed by atoms with Crippen LogP contribution >= 0.6 is 23.1 Å². The van der Waals surface area contributed by atoms with Crippen molar-refractivity contribution >= 4 is 39.1 Å². The molecule has 0 radical (unpaired) electrons. The van der Waals surface area contributed by atoms with Gasteiger partial charge in [0.2, 0.25) is 0 Å². The Kier molecular flexibility index (Phi) is 3.15. The van der Waals surface area contributed by atoms with E-state index in [1.165, 1.54) is 50.8 Å². The van der Waals surface area contributed by atoms with Crippen molar-refractivity contribution in [3.8, 4) is 0 Å². The number of aryl methyl sites for hydroxylation is 2. The molecular formula is C15H19N3S2. The second-order valence-electron chi connectivity index (χ2n) is 5.74. The average molecular weight is 305 g/mol. The summed E-state index contributed by atoms with van der Waals surface area (Å²) in [7, 11) is 0. The fourth-order valence-corrected chi connectivity index (χ4v) is 4.71. The van der Waals surface area contributed by atoms with Crippen molar-refractivity contribution in [1.82, 2.24) is 9.97 Å². The lowest BCUT2D eigenvalue weighted by Gasteiger charge is -2.28. The van der Waals surface area contributed by atoms with Gasteiger partial charge in [-0.1, -0.05) is 0 Å². The van der Waals surface area contributed by atoms with Gasteiger partial charge in [0.15, 0.2) is 0 Å². The van der Waals surface area contributed by atoms with Crippen LogP contribution in [0, 0.1) is 13.8 Å². The first-order valence-electron chi connectivity index (χ1n) is 7.34. The van der Waals surface area contributed by atoms with E-state index in [1.54, 1.807) is 0 Å². The Hall–Kier alpha value is -0.810. The summed E-state index contributed by atoms with van der Waals surface area (Å²) in [4.78, 5) is 14.9. The zero-order valence-corrected chi connectivity index (χ0v) is 13.6. The molecule has 0 bridgehead atoms. The lowest BCUT2D eigenvalue weighted by Crippen LogP contribution is -2.33. The smallest absolute Gasteiger partial charge is 0.141 e. The molecule has 0 spiro atoms. The number of thiophene rings is 1. The first-order valence-corrected chi connectivity index (χ1v) is 9.31. The summed E-state index contributed by atoms with van der Waals surface area (Å²) >= 11 is 3.88. The Morgan fingerprint density at radius 1 is 1.10 bits per heavy atom. The molecule has 1 aliphatic heterocycles. The van der Waals surface area contributed by atoms with E-state index in [9.17, 15) is 0 Å². The normalized spacial score (nSPS) is 19.8. The first-order chi connectivity index (χ1) is 9.74. The summed E-state index contributed by atoms with van der Waals surface area (Å²) in [5.74, 6) is 5.35. The van der Waals surface area contributed by atoms with E-state index < -0.39 is 0 Å². The maximum atomic E-state index is 4.97. The van der Waals surface area contributed by atoms with Crippen LogP contribution in [-0.4, -0.2) is 34.6 Å². The maximum Gasteiger partial charge on any atom is 0.141 e. The molecule has 1 saturated heterocycles. The number of fused-ring (bicyclic) bond motifs is 1. The van der Waals surface area contributed by atoms with E-state index >= 15 is 0 Å². The minimum atomic E-state index is 0.625. The minimum Gasteiger partial charge on any atom is -0.354 e. The molecule has 2 aromatic heterocycles. The highest BCUT2D eigenvalue weighted by atomic mass is 32.2. The van der Waals surface area contributed by atoms with Crippen molar-refractivity contribution in [3.05, 3.63) is 16.3 Å². The number of aromatic nitrogens is 2. The predicted octanol–water partition coefficient (Wildman–Crippen LogP) is 3.74. The molecule has 3 heterocycles. The second kappa shape index (κ2) is 4.88. The predicted molar refractivity (Wildman–Crippen MR) is 88.4 cm³/mol. The molecule has 2 fully saturated rings. The molecule has 0 amide bonds. The Labute approximate surface area is 127 Å². The highest BCUT2D eigenvalue weighted by Gasteiger charge is 2.29. The van der Waals surface area contributed by atoms with Gasteiger partial charge in [-0.25, -0.2) is 9.97 Å². The Morgan fingerprint density at radius 2 is 1.85 bits per heavy atom. The van der Waals surface area contributed by atoms with Gasteiger partial charge in [-0.3, -0.25) is 0 Å². The van der Waals surface area contributed by atoms with Crippen LogP contribution in [0.25, 0.3) is 10.2 Å². The van der Waals surface area contributed by atoms with Crippen LogP contribution in [-0.2, 0) is 0 Å². The highest BCUT2D eigenvalue weighted by Crippen LogP contribution is 2.42. The average Bonchev–Trinajstić information content (AvgIpc) is 3.27. The largest absolute Gasteiger partial charge is 0.354 e. The van der Waals surface area contributed by atoms with Crippen LogP contribution in [0.5, 0.6) is 0 Å². The fraction of sp³-hybridized carbons (Fsp3) is 0.600. The molecule has 0 unspecified atom stereocenters. The summed E-state index contributed by atoms with van der Waals surface area (Å²) < 4.78 is 0. The fourth-order valence-electron chi connectivity index (χ4n) is 2.77. The number of nitrogens with zero attached hydrogens (tertiary/aromatic N) is 3. The van der Waals surface area contributed by atoms with Gasteiger partial charge in [-0.2, -0.15) is 11.8 Å². The van der Waals surface area contributed by atoms with E-state index in [2.05, 4.69) is 18.7 Å². The summed E-state index contributed by atoms with van der Waals surface area (Å²) in [5.41, 5.74) is 1.38. The molecule has 0 N–H and O–H groups in total. The van der Waals surface area contributed by atoms with Crippen LogP contribution in [0.1, 0.15) is 35.0 Å². The standard InChI is InChI=1S/C15H19N3S2/c1-9-10(2)20-15-12(9)14(18-5-7-19-8-6-18)16-13(17-15)11-3-4-11/h11H,3-8H2,1-2H3. The quantitative estimate of drug-likeness (QED) is 0.845. The van der Waals surface area contributed by atoms with E-state index in [4.69, 9.17) is 9.97 Å². The van der Waals surface area contributed by atoms with E-state index in [0.29, 0.717) is 5.92 Å². The Morgan fingerprint density at radius 3 is 2.55 bits per heavy atom. The molecule has 20 heavy (non-hydrogen) atoms. The maximum absolute atomic E-state index is 4.97. The lowest BCUT2D eigenvalue weighted by atomic mass is 10.2. The van der Waals surface area contributed by atoms with Gasteiger partial charge in [0.05, 0.1) is 5.39 Å². The number of rotatable bonds is 2. The van der Waals surface area contributed by atoms with Gasteiger partial charge in [-0.05, 0) is 32.3 Å². The van der Waals surface area contributed by atoms with Gasteiger partial charge >= 0.3 is 0 Å². The van der Waals surface area contributed by atoms with Crippen molar-refractivity contribution in [2.45, 2.75) is 32.6 Å². The SMILES string of the molecule is Cc1sc2nc(C3CC3)nc(N3CCSCC3)c2c1C. The zero-order chi connectivity index (χ0) is 13.7. The number of thioether (sulfide) groups is 1. The van der Waals surface area contributed by atoms with Crippen molar-refractivity contribution in [2.24, 2.45) is 0 Å². The van der Waals surface area contributed by atoms with Gasteiger partial charge in [0.1, 0.15) is 16.5 Å². The molecule has 2 aromatic rings. The van der Waals surface area contributed by atoms with Crippen molar-refractivity contribution < 1.29 is 0 Å². The third-order valence-corrected chi connectivity index (χ3v) is 6.32. The van der Waals surface area contributed by atoms with Gasteiger partial charge in [-0.15, -0.1) is 11.3 Å². The molecule has 4 rings (SSSR count). The monoisotopic (exact) mass is 305 g/mol. The van der Waals surface area contributed by atoms with E-state index in [0.717, 1.165) is 18.9 Å². The van der Waals surface area contributed by atoms with Crippen molar-refractivity contribution in [1.29, 1.82) is 0 Å². The molecular weight excluding hydrogens is 286 g/mol. The molecule has 3 nitrogen and oxygen atoms in total. The topological polar surface area (TPSA) is 29.0 Å². The second-order valence-corrected chi connectivity index (χ2v) is 8.17. The van der Waals surface area contributed by atoms with Gasteiger partial charge in [0, 0.05) is 35.4 Å². The molecule has 1 aliphatic carbocycles. The van der Waals surface area contributed by atoms with Crippen LogP contribution in [0.4, 0.5) is 5.82 Å². The number of hydrogen-bond acceptors (Lipinski definition) is 5. The van der Waals surface area contributed by atoms with E-state index in [1.807, 2.05) is 23.1 Å². The van der Waals surface area contributed by atoms with Gasteiger partial charge < -0.3 is 4.90 Å². The lowest BCUT2D eigenvalue weighted by molar-refractivity contribution is 0.826. The number of anilines is 1. The molecule has 2 aliphatic rings. The zero-order valence-electron chi connectivity index (χ0n) is 12.0. The first kappa shape index (κ1) is 12.9. The highest BCUT2D eigenvalue weighted by molar-refractivity contribution is 7.99. The minimum absolute atomic E-state index is 0.625. The Bertz CT molecular complexity index is 655. The number of hydrogen-bond donors (Lipinski definition) is 0. The summed E-state index contributed by atoms with van der Waals surface area (Å²) in [6.07, 6.45) is 2.54. The summed E-state index contributed by atoms with van der Waals surface area (Å²) in [5, 5.41) is 1.31. The molecule has 0 atom stereocenters. The van der Waals surface area contributed by atoms with Crippen molar-refractivity contribution in [3.63, 3.8) is 0 Å².